The van der Waals surface area contributed by atoms with Crippen LogP contribution >= 0.6 is 0 Å². The van der Waals surface area contributed by atoms with E-state index < -0.39 is 23.7 Å². The van der Waals surface area contributed by atoms with Crippen molar-refractivity contribution in [1.29, 1.82) is 0 Å². The van der Waals surface area contributed by atoms with E-state index in [1.807, 2.05) is 0 Å². The van der Waals surface area contributed by atoms with Crippen LogP contribution in [0.1, 0.15) is 41.4 Å². The molecule has 0 aliphatic carbocycles. The summed E-state index contributed by atoms with van der Waals surface area (Å²) in [7, 11) is 3.10. The lowest BCUT2D eigenvalue weighted by Crippen LogP contribution is -2.33. The molecule has 0 N–H and O–H groups in total. The Morgan fingerprint density at radius 1 is 0.840 bits per heavy atom. The standard InChI is InChI=1S/C18H14N2O5/c1-19(2)15(21)13-9-5-6-10-14(13)18(24)25-20-16(22)11-7-3-4-8-12(11)17(20)23/h3-10H,1-2H3. The average molecular weight is 338 g/mol. The van der Waals surface area contributed by atoms with Gasteiger partial charge in [0.15, 0.2) is 0 Å². The Hall–Kier alpha value is -3.48. The monoisotopic (exact) mass is 338 g/mol. The van der Waals surface area contributed by atoms with Gasteiger partial charge in [-0.05, 0) is 24.3 Å². The molecule has 2 aromatic rings. The zero-order valence-corrected chi connectivity index (χ0v) is 13.6. The number of imide groups is 1. The van der Waals surface area contributed by atoms with E-state index in [1.54, 1.807) is 38.4 Å². The summed E-state index contributed by atoms with van der Waals surface area (Å²) in [4.78, 5) is 55.5. The minimum atomic E-state index is -0.958. The molecule has 0 fully saturated rings. The molecule has 2 aromatic carbocycles. The molecule has 1 heterocycles. The van der Waals surface area contributed by atoms with Crippen molar-refractivity contribution in [3.63, 3.8) is 0 Å². The Kier molecular flexibility index (Phi) is 4.06. The summed E-state index contributed by atoms with van der Waals surface area (Å²) in [5, 5.41) is 0.421. The Morgan fingerprint density at radius 2 is 1.32 bits per heavy atom. The molecule has 25 heavy (non-hydrogen) atoms. The Labute approximate surface area is 143 Å². The number of nitrogens with zero attached hydrogens (tertiary/aromatic N) is 2. The first-order valence-corrected chi connectivity index (χ1v) is 7.42. The van der Waals surface area contributed by atoms with Crippen LogP contribution in [0.2, 0.25) is 0 Å². The number of hydroxylamine groups is 2. The topological polar surface area (TPSA) is 84.0 Å². The molecule has 3 rings (SSSR count). The summed E-state index contributed by atoms with van der Waals surface area (Å²) in [6.07, 6.45) is 0. The van der Waals surface area contributed by atoms with Crippen LogP contribution in [0.5, 0.6) is 0 Å². The van der Waals surface area contributed by atoms with Gasteiger partial charge >= 0.3 is 5.97 Å². The van der Waals surface area contributed by atoms with E-state index in [0.29, 0.717) is 5.06 Å². The molecule has 126 valence electrons. The Bertz CT molecular complexity index is 869. The third-order valence-electron chi connectivity index (χ3n) is 3.71. The number of carbonyl (C=O) groups excluding carboxylic acids is 4. The van der Waals surface area contributed by atoms with E-state index >= 15 is 0 Å². The number of amides is 3. The molecule has 0 unspecified atom stereocenters. The third kappa shape index (κ3) is 2.76. The molecule has 0 aromatic heterocycles. The second kappa shape index (κ2) is 6.20. The average Bonchev–Trinajstić information content (AvgIpc) is 2.86. The molecule has 7 nitrogen and oxygen atoms in total. The van der Waals surface area contributed by atoms with E-state index in [-0.39, 0.29) is 22.3 Å². The first kappa shape index (κ1) is 16.4. The van der Waals surface area contributed by atoms with Crippen LogP contribution in [0.15, 0.2) is 48.5 Å². The van der Waals surface area contributed by atoms with Crippen LogP contribution in [0.25, 0.3) is 0 Å². The largest absolute Gasteiger partial charge is 0.364 e. The molecule has 3 amide bonds. The van der Waals surface area contributed by atoms with Crippen molar-refractivity contribution in [3.8, 4) is 0 Å². The normalized spacial score (nSPS) is 12.8. The number of hydrogen-bond acceptors (Lipinski definition) is 5. The number of hydrogen-bond donors (Lipinski definition) is 0. The van der Waals surface area contributed by atoms with Gasteiger partial charge in [0.1, 0.15) is 0 Å². The molecule has 1 aliphatic rings. The minimum Gasteiger partial charge on any atom is -0.345 e. The van der Waals surface area contributed by atoms with Crippen molar-refractivity contribution in [1.82, 2.24) is 9.96 Å². The molecular weight excluding hydrogens is 324 g/mol. The lowest BCUT2D eigenvalue weighted by molar-refractivity contribution is -0.0585. The number of fused-ring (bicyclic) bond motifs is 1. The van der Waals surface area contributed by atoms with Crippen LogP contribution in [0.4, 0.5) is 0 Å². The van der Waals surface area contributed by atoms with E-state index in [2.05, 4.69) is 0 Å². The maximum atomic E-state index is 12.5. The second-order valence-electron chi connectivity index (χ2n) is 5.57. The first-order valence-electron chi connectivity index (χ1n) is 7.42. The minimum absolute atomic E-state index is 0.0299. The van der Waals surface area contributed by atoms with Gasteiger partial charge in [-0.25, -0.2) is 4.79 Å². The van der Waals surface area contributed by atoms with E-state index in [9.17, 15) is 19.2 Å². The van der Waals surface area contributed by atoms with Crippen molar-refractivity contribution in [2.24, 2.45) is 0 Å². The van der Waals surface area contributed by atoms with Gasteiger partial charge in [-0.2, -0.15) is 0 Å². The third-order valence-corrected chi connectivity index (χ3v) is 3.71. The van der Waals surface area contributed by atoms with Gasteiger partial charge in [0.2, 0.25) is 0 Å². The number of benzene rings is 2. The molecule has 7 heteroatoms. The number of rotatable bonds is 3. The van der Waals surface area contributed by atoms with Crippen LogP contribution in [0, 0.1) is 0 Å². The molecule has 0 bridgehead atoms. The van der Waals surface area contributed by atoms with Crippen LogP contribution in [-0.2, 0) is 4.84 Å². The van der Waals surface area contributed by atoms with Crippen LogP contribution in [-0.4, -0.2) is 47.7 Å². The van der Waals surface area contributed by atoms with E-state index in [1.165, 1.54) is 29.2 Å². The zero-order chi connectivity index (χ0) is 18.1. The summed E-state index contributed by atoms with van der Waals surface area (Å²) in [6.45, 7) is 0. The predicted molar refractivity (Wildman–Crippen MR) is 86.8 cm³/mol. The lowest BCUT2D eigenvalue weighted by atomic mass is 10.1. The second-order valence-corrected chi connectivity index (χ2v) is 5.57. The lowest BCUT2D eigenvalue weighted by Gasteiger charge is -2.16. The molecule has 0 atom stereocenters. The van der Waals surface area contributed by atoms with Gasteiger partial charge in [0.25, 0.3) is 17.7 Å². The molecule has 0 saturated heterocycles. The van der Waals surface area contributed by atoms with Crippen molar-refractivity contribution in [3.05, 3.63) is 70.8 Å². The molecular formula is C18H14N2O5. The fraction of sp³-hybridized carbons (Fsp3) is 0.111. The van der Waals surface area contributed by atoms with Gasteiger partial charge < -0.3 is 9.74 Å². The highest BCUT2D eigenvalue weighted by molar-refractivity contribution is 6.21. The van der Waals surface area contributed by atoms with Crippen molar-refractivity contribution in [2.45, 2.75) is 0 Å². The summed E-state index contributed by atoms with van der Waals surface area (Å²) in [5.41, 5.74) is 0.419. The van der Waals surface area contributed by atoms with E-state index in [4.69, 9.17) is 4.84 Å². The van der Waals surface area contributed by atoms with Crippen molar-refractivity contribution >= 4 is 23.7 Å². The molecule has 0 spiro atoms. The van der Waals surface area contributed by atoms with Gasteiger partial charge in [0.05, 0.1) is 22.3 Å². The predicted octanol–water partition coefficient (Wildman–Crippen LogP) is 1.76. The van der Waals surface area contributed by atoms with Crippen molar-refractivity contribution in [2.75, 3.05) is 14.1 Å². The Balaban J connectivity index is 1.89. The SMILES string of the molecule is CN(C)C(=O)c1ccccc1C(=O)ON1C(=O)c2ccccc2C1=O. The Morgan fingerprint density at radius 3 is 1.84 bits per heavy atom. The van der Waals surface area contributed by atoms with Gasteiger partial charge in [-0.3, -0.25) is 14.4 Å². The van der Waals surface area contributed by atoms with Gasteiger partial charge in [-0.1, -0.05) is 29.3 Å². The summed E-state index contributed by atoms with van der Waals surface area (Å²) < 4.78 is 0. The summed E-state index contributed by atoms with van der Waals surface area (Å²) in [6, 6.07) is 12.2. The quantitative estimate of drug-likeness (QED) is 0.796. The summed E-state index contributed by atoms with van der Waals surface area (Å²) in [5.74, 6) is -2.79. The zero-order valence-electron chi connectivity index (χ0n) is 13.6. The van der Waals surface area contributed by atoms with Gasteiger partial charge in [0, 0.05) is 14.1 Å². The first-order chi connectivity index (χ1) is 11.9. The molecule has 1 aliphatic heterocycles. The molecule has 0 saturated carbocycles. The summed E-state index contributed by atoms with van der Waals surface area (Å²) >= 11 is 0. The van der Waals surface area contributed by atoms with Crippen LogP contribution < -0.4 is 0 Å². The fourth-order valence-corrected chi connectivity index (χ4v) is 2.47. The highest BCUT2D eigenvalue weighted by atomic mass is 16.7. The van der Waals surface area contributed by atoms with Crippen molar-refractivity contribution < 1.29 is 24.0 Å². The van der Waals surface area contributed by atoms with Crippen LogP contribution in [0.3, 0.4) is 0 Å². The molecule has 0 radical (unpaired) electrons. The fourth-order valence-electron chi connectivity index (χ4n) is 2.47. The van der Waals surface area contributed by atoms with E-state index in [0.717, 1.165) is 0 Å². The number of carbonyl (C=O) groups is 4. The van der Waals surface area contributed by atoms with Gasteiger partial charge in [-0.15, -0.1) is 0 Å². The smallest absolute Gasteiger partial charge is 0.345 e. The maximum Gasteiger partial charge on any atom is 0.364 e. The highest BCUT2D eigenvalue weighted by Gasteiger charge is 2.39. The maximum absolute atomic E-state index is 12.5. The highest BCUT2D eigenvalue weighted by Crippen LogP contribution is 2.24.